The Bertz CT molecular complexity index is 347. The molecule has 1 aliphatic rings. The second-order valence-corrected chi connectivity index (χ2v) is 4.42. The summed E-state index contributed by atoms with van der Waals surface area (Å²) in [6.45, 7) is 4.54. The van der Waals surface area contributed by atoms with Gasteiger partial charge in [-0.2, -0.15) is 0 Å². The van der Waals surface area contributed by atoms with E-state index in [-0.39, 0.29) is 0 Å². The van der Waals surface area contributed by atoms with Crippen LogP contribution in [0.25, 0.3) is 5.57 Å². The maximum Gasteiger partial charge on any atom is -0.0198 e. The fourth-order valence-corrected chi connectivity index (χ4v) is 2.14. The van der Waals surface area contributed by atoms with Crippen LogP contribution in [-0.4, -0.2) is 0 Å². The summed E-state index contributed by atoms with van der Waals surface area (Å²) in [7, 11) is 0. The Kier molecular flexibility index (Phi) is 2.72. The molecule has 0 N–H and O–H groups in total. The SMILES string of the molecule is Cc1ccccc1C1=CCC(C)CC1. The van der Waals surface area contributed by atoms with Gasteiger partial charge in [-0.25, -0.2) is 0 Å². The first-order valence-corrected chi connectivity index (χ1v) is 5.52. The molecule has 0 saturated carbocycles. The zero-order chi connectivity index (χ0) is 9.97. The Morgan fingerprint density at radius 3 is 2.64 bits per heavy atom. The molecule has 0 radical (unpaired) electrons. The summed E-state index contributed by atoms with van der Waals surface area (Å²) in [4.78, 5) is 0. The first kappa shape index (κ1) is 9.51. The minimum absolute atomic E-state index is 0.878. The van der Waals surface area contributed by atoms with Crippen molar-refractivity contribution in [1.82, 2.24) is 0 Å². The molecule has 0 saturated heterocycles. The highest BCUT2D eigenvalue weighted by Gasteiger charge is 2.12. The number of aryl methyl sites for hydroxylation is 1. The third-order valence-electron chi connectivity index (χ3n) is 3.16. The quantitative estimate of drug-likeness (QED) is 0.616. The van der Waals surface area contributed by atoms with Gasteiger partial charge < -0.3 is 0 Å². The molecule has 0 heteroatoms. The number of hydrogen-bond acceptors (Lipinski definition) is 0. The van der Waals surface area contributed by atoms with Gasteiger partial charge in [0.25, 0.3) is 0 Å². The first-order valence-electron chi connectivity index (χ1n) is 5.52. The van der Waals surface area contributed by atoms with E-state index in [1.807, 2.05) is 0 Å². The molecule has 14 heavy (non-hydrogen) atoms. The van der Waals surface area contributed by atoms with Crippen molar-refractivity contribution in [2.24, 2.45) is 5.92 Å². The molecule has 0 bridgehead atoms. The van der Waals surface area contributed by atoms with Crippen molar-refractivity contribution in [3.05, 3.63) is 41.5 Å². The average molecular weight is 186 g/mol. The van der Waals surface area contributed by atoms with E-state index < -0.39 is 0 Å². The molecule has 2 rings (SSSR count). The molecule has 0 heterocycles. The van der Waals surface area contributed by atoms with E-state index in [2.05, 4.69) is 44.2 Å². The van der Waals surface area contributed by atoms with Gasteiger partial charge in [0.05, 0.1) is 0 Å². The highest BCUT2D eigenvalue weighted by Crippen LogP contribution is 2.31. The zero-order valence-electron chi connectivity index (χ0n) is 9.09. The maximum absolute atomic E-state index is 2.43. The van der Waals surface area contributed by atoms with Crippen LogP contribution in [-0.2, 0) is 0 Å². The molecule has 1 aliphatic carbocycles. The molecule has 74 valence electrons. The van der Waals surface area contributed by atoms with Crippen molar-refractivity contribution in [2.45, 2.75) is 33.1 Å². The van der Waals surface area contributed by atoms with E-state index in [0.29, 0.717) is 0 Å². The molecule has 1 aromatic carbocycles. The summed E-state index contributed by atoms with van der Waals surface area (Å²) in [5.74, 6) is 0.878. The Morgan fingerprint density at radius 2 is 2.00 bits per heavy atom. The van der Waals surface area contributed by atoms with Gasteiger partial charge in [-0.1, -0.05) is 37.3 Å². The lowest BCUT2D eigenvalue weighted by atomic mass is 9.86. The molecular formula is C14H18. The van der Waals surface area contributed by atoms with Crippen LogP contribution >= 0.6 is 0 Å². The van der Waals surface area contributed by atoms with Crippen molar-refractivity contribution >= 4 is 5.57 Å². The van der Waals surface area contributed by atoms with Crippen LogP contribution in [0.4, 0.5) is 0 Å². The Morgan fingerprint density at radius 1 is 1.21 bits per heavy atom. The summed E-state index contributed by atoms with van der Waals surface area (Å²) in [5, 5.41) is 0. The van der Waals surface area contributed by atoms with Gasteiger partial charge >= 0.3 is 0 Å². The molecule has 1 unspecified atom stereocenters. The van der Waals surface area contributed by atoms with Crippen molar-refractivity contribution < 1.29 is 0 Å². The third-order valence-corrected chi connectivity index (χ3v) is 3.16. The number of benzene rings is 1. The lowest BCUT2D eigenvalue weighted by Crippen LogP contribution is -2.01. The molecule has 0 fully saturated rings. The molecule has 0 aliphatic heterocycles. The average Bonchev–Trinajstić information content (AvgIpc) is 2.20. The Labute approximate surface area is 86.7 Å². The van der Waals surface area contributed by atoms with Gasteiger partial charge in [-0.3, -0.25) is 0 Å². The molecule has 0 spiro atoms. The normalized spacial score (nSPS) is 21.9. The van der Waals surface area contributed by atoms with Crippen LogP contribution in [0.5, 0.6) is 0 Å². The van der Waals surface area contributed by atoms with Gasteiger partial charge in [-0.15, -0.1) is 0 Å². The van der Waals surface area contributed by atoms with Crippen molar-refractivity contribution in [1.29, 1.82) is 0 Å². The standard InChI is InChI=1S/C14H18/c1-11-7-9-13(10-8-11)14-6-4-3-5-12(14)2/h3-6,9,11H,7-8,10H2,1-2H3. The van der Waals surface area contributed by atoms with Crippen LogP contribution in [0.2, 0.25) is 0 Å². The van der Waals surface area contributed by atoms with E-state index in [1.165, 1.54) is 30.4 Å². The fraction of sp³-hybridized carbons (Fsp3) is 0.429. The topological polar surface area (TPSA) is 0 Å². The van der Waals surface area contributed by atoms with Crippen LogP contribution in [0, 0.1) is 12.8 Å². The zero-order valence-corrected chi connectivity index (χ0v) is 9.09. The summed E-state index contributed by atoms with van der Waals surface area (Å²) in [5.41, 5.74) is 4.42. The molecule has 0 nitrogen and oxygen atoms in total. The second kappa shape index (κ2) is 4.00. The van der Waals surface area contributed by atoms with E-state index in [9.17, 15) is 0 Å². The largest absolute Gasteiger partial charge is 0.0804 e. The molecule has 0 amide bonds. The maximum atomic E-state index is 2.43. The molecule has 1 aromatic rings. The highest BCUT2D eigenvalue weighted by atomic mass is 14.2. The van der Waals surface area contributed by atoms with Crippen LogP contribution in [0.3, 0.4) is 0 Å². The second-order valence-electron chi connectivity index (χ2n) is 4.42. The number of hydrogen-bond donors (Lipinski definition) is 0. The van der Waals surface area contributed by atoms with E-state index in [4.69, 9.17) is 0 Å². The predicted octanol–water partition coefficient (Wildman–Crippen LogP) is 4.20. The van der Waals surface area contributed by atoms with E-state index >= 15 is 0 Å². The minimum Gasteiger partial charge on any atom is -0.0804 e. The van der Waals surface area contributed by atoms with E-state index in [1.54, 1.807) is 5.57 Å². The van der Waals surface area contributed by atoms with Gasteiger partial charge in [-0.05, 0) is 48.8 Å². The number of allylic oxidation sites excluding steroid dienone is 2. The third kappa shape index (κ3) is 1.89. The van der Waals surface area contributed by atoms with Gasteiger partial charge in [0.15, 0.2) is 0 Å². The Hall–Kier alpha value is -1.04. The minimum atomic E-state index is 0.878. The first-order chi connectivity index (χ1) is 6.77. The Balaban J connectivity index is 2.28. The van der Waals surface area contributed by atoms with Crippen LogP contribution in [0.1, 0.15) is 37.3 Å². The smallest absolute Gasteiger partial charge is 0.0198 e. The van der Waals surface area contributed by atoms with Crippen LogP contribution < -0.4 is 0 Å². The molecular weight excluding hydrogens is 168 g/mol. The monoisotopic (exact) mass is 186 g/mol. The van der Waals surface area contributed by atoms with E-state index in [0.717, 1.165) is 5.92 Å². The predicted molar refractivity (Wildman–Crippen MR) is 62.2 cm³/mol. The summed E-state index contributed by atoms with van der Waals surface area (Å²) < 4.78 is 0. The van der Waals surface area contributed by atoms with Crippen molar-refractivity contribution in [3.63, 3.8) is 0 Å². The lowest BCUT2D eigenvalue weighted by molar-refractivity contribution is 0.534. The van der Waals surface area contributed by atoms with Gasteiger partial charge in [0.1, 0.15) is 0 Å². The lowest BCUT2D eigenvalue weighted by Gasteiger charge is -2.19. The van der Waals surface area contributed by atoms with Gasteiger partial charge in [0.2, 0.25) is 0 Å². The van der Waals surface area contributed by atoms with Gasteiger partial charge in [0, 0.05) is 0 Å². The van der Waals surface area contributed by atoms with Crippen molar-refractivity contribution in [2.75, 3.05) is 0 Å². The molecule has 1 atom stereocenters. The summed E-state index contributed by atoms with van der Waals surface area (Å²) in [6.07, 6.45) is 6.28. The van der Waals surface area contributed by atoms with Crippen molar-refractivity contribution in [3.8, 4) is 0 Å². The fourth-order valence-electron chi connectivity index (χ4n) is 2.14. The number of rotatable bonds is 1. The summed E-state index contributed by atoms with van der Waals surface area (Å²) >= 11 is 0. The highest BCUT2D eigenvalue weighted by molar-refractivity contribution is 5.68. The summed E-state index contributed by atoms with van der Waals surface area (Å²) in [6, 6.07) is 8.71. The van der Waals surface area contributed by atoms with Crippen LogP contribution in [0.15, 0.2) is 30.3 Å². The molecule has 0 aromatic heterocycles.